The topological polar surface area (TPSA) is 46.6 Å². The van der Waals surface area contributed by atoms with E-state index in [0.717, 1.165) is 19.3 Å². The molecule has 70 valence electrons. The largest absolute Gasteiger partial charge is 0.362 e. The van der Waals surface area contributed by atoms with Gasteiger partial charge in [0.15, 0.2) is 5.94 Å². The highest BCUT2D eigenvalue weighted by atomic mass is 32.2. The molecule has 2 fully saturated rings. The fraction of sp³-hybridized carbons (Fsp3) is 1.00. The number of fused-ring (bicyclic) bond motifs is 1. The zero-order valence-corrected chi connectivity index (χ0v) is 7.72. The van der Waals surface area contributed by atoms with Crippen LogP contribution in [-0.4, -0.2) is 37.9 Å². The van der Waals surface area contributed by atoms with Crippen LogP contribution in [0.25, 0.3) is 0 Å². The Balaban J connectivity index is 2.20. The number of nitrogens with zero attached hydrogens (tertiary/aromatic N) is 1. The quantitative estimate of drug-likeness (QED) is 0.548. The summed E-state index contributed by atoms with van der Waals surface area (Å²) in [5.41, 5.74) is 0. The summed E-state index contributed by atoms with van der Waals surface area (Å²) >= 11 is 0. The van der Waals surface area contributed by atoms with E-state index < -0.39 is 10.0 Å². The average molecular weight is 191 g/mol. The van der Waals surface area contributed by atoms with Gasteiger partial charge in [0.1, 0.15) is 0 Å². The molecule has 0 amide bonds. The first-order chi connectivity index (χ1) is 5.70. The highest BCUT2D eigenvalue weighted by Gasteiger charge is 2.35. The lowest BCUT2D eigenvalue weighted by molar-refractivity contribution is 0.0711. The molecule has 0 radical (unpaired) electrons. The maximum absolute atomic E-state index is 11.4. The van der Waals surface area contributed by atoms with Crippen molar-refractivity contribution in [1.29, 1.82) is 0 Å². The predicted molar refractivity (Wildman–Crippen MR) is 44.1 cm³/mol. The molecule has 2 aliphatic heterocycles. The van der Waals surface area contributed by atoms with Crippen molar-refractivity contribution in [2.75, 3.05) is 19.1 Å². The van der Waals surface area contributed by atoms with Gasteiger partial charge in [-0.2, -0.15) is 4.31 Å². The summed E-state index contributed by atoms with van der Waals surface area (Å²) in [6, 6.07) is 0.123. The summed E-state index contributed by atoms with van der Waals surface area (Å²) in [5, 5.41) is 0. The van der Waals surface area contributed by atoms with E-state index in [4.69, 9.17) is 4.74 Å². The van der Waals surface area contributed by atoms with Gasteiger partial charge in [-0.1, -0.05) is 6.42 Å². The van der Waals surface area contributed by atoms with Crippen LogP contribution in [0, 0.1) is 0 Å². The molecule has 2 heterocycles. The molecule has 12 heavy (non-hydrogen) atoms. The molecular formula is C7H13NO3S. The fourth-order valence-corrected chi connectivity index (χ4v) is 3.33. The van der Waals surface area contributed by atoms with Crippen LogP contribution in [0.3, 0.4) is 0 Å². The van der Waals surface area contributed by atoms with Crippen LogP contribution in [-0.2, 0) is 14.8 Å². The number of hydrogen-bond donors (Lipinski definition) is 0. The Morgan fingerprint density at radius 3 is 2.92 bits per heavy atom. The van der Waals surface area contributed by atoms with Crippen molar-refractivity contribution in [3.8, 4) is 0 Å². The van der Waals surface area contributed by atoms with Crippen molar-refractivity contribution < 1.29 is 13.2 Å². The molecule has 0 aromatic heterocycles. The molecule has 5 heteroatoms. The second kappa shape index (κ2) is 2.97. The van der Waals surface area contributed by atoms with Crippen LogP contribution in [0.1, 0.15) is 19.3 Å². The predicted octanol–water partition coefficient (Wildman–Crippen LogP) is 0.158. The highest BCUT2D eigenvalue weighted by molar-refractivity contribution is 7.89. The van der Waals surface area contributed by atoms with Crippen molar-refractivity contribution >= 4 is 10.0 Å². The van der Waals surface area contributed by atoms with Crippen LogP contribution < -0.4 is 0 Å². The first-order valence-electron chi connectivity index (χ1n) is 4.27. The van der Waals surface area contributed by atoms with E-state index in [9.17, 15) is 8.42 Å². The summed E-state index contributed by atoms with van der Waals surface area (Å²) in [5.74, 6) is -0.122. The standard InChI is InChI=1S/C7H13NO3S/c9-12(10)6-11-5-7-3-1-2-4-8(7)12/h7H,1-6H2. The summed E-state index contributed by atoms with van der Waals surface area (Å²) in [4.78, 5) is 0. The van der Waals surface area contributed by atoms with Crippen LogP contribution in [0.15, 0.2) is 0 Å². The molecule has 2 saturated heterocycles. The van der Waals surface area contributed by atoms with E-state index in [1.54, 1.807) is 4.31 Å². The van der Waals surface area contributed by atoms with Crippen molar-refractivity contribution in [2.45, 2.75) is 25.3 Å². The normalized spacial score (nSPS) is 35.8. The van der Waals surface area contributed by atoms with Crippen LogP contribution >= 0.6 is 0 Å². The van der Waals surface area contributed by atoms with Crippen LogP contribution in [0.5, 0.6) is 0 Å². The van der Waals surface area contributed by atoms with E-state index in [2.05, 4.69) is 0 Å². The minimum atomic E-state index is -3.07. The number of rotatable bonds is 0. The summed E-state index contributed by atoms with van der Waals surface area (Å²) in [6.07, 6.45) is 3.08. The van der Waals surface area contributed by atoms with Gasteiger partial charge < -0.3 is 4.74 Å². The van der Waals surface area contributed by atoms with Gasteiger partial charge in [0, 0.05) is 12.6 Å². The minimum Gasteiger partial charge on any atom is -0.362 e. The van der Waals surface area contributed by atoms with Gasteiger partial charge in [0.25, 0.3) is 0 Å². The zero-order chi connectivity index (χ0) is 8.60. The Bertz CT molecular complexity index is 260. The second-order valence-corrected chi connectivity index (χ2v) is 5.23. The maximum atomic E-state index is 11.4. The van der Waals surface area contributed by atoms with Gasteiger partial charge in [0.2, 0.25) is 10.0 Å². The van der Waals surface area contributed by atoms with Crippen molar-refractivity contribution in [3.63, 3.8) is 0 Å². The lowest BCUT2D eigenvalue weighted by Crippen LogP contribution is -2.51. The van der Waals surface area contributed by atoms with Gasteiger partial charge in [-0.15, -0.1) is 0 Å². The molecule has 0 aromatic rings. The molecule has 2 aliphatic rings. The maximum Gasteiger partial charge on any atom is 0.238 e. The Morgan fingerprint density at radius 1 is 1.33 bits per heavy atom. The zero-order valence-electron chi connectivity index (χ0n) is 6.90. The Kier molecular flexibility index (Phi) is 2.10. The number of piperidine rings is 1. The van der Waals surface area contributed by atoms with Gasteiger partial charge in [-0.25, -0.2) is 8.42 Å². The molecule has 0 saturated carbocycles. The minimum absolute atomic E-state index is 0.122. The summed E-state index contributed by atoms with van der Waals surface area (Å²) in [6.45, 7) is 1.27. The Hall–Kier alpha value is -0.130. The molecule has 2 rings (SSSR count). The van der Waals surface area contributed by atoms with Gasteiger partial charge in [-0.3, -0.25) is 0 Å². The first-order valence-corrected chi connectivity index (χ1v) is 5.88. The van der Waals surface area contributed by atoms with E-state index in [1.165, 1.54) is 0 Å². The van der Waals surface area contributed by atoms with E-state index in [1.807, 2.05) is 0 Å². The first kappa shape index (κ1) is 8.47. The Labute approximate surface area is 72.6 Å². The smallest absolute Gasteiger partial charge is 0.238 e. The van der Waals surface area contributed by atoms with Gasteiger partial charge in [0.05, 0.1) is 6.61 Å². The van der Waals surface area contributed by atoms with Crippen LogP contribution in [0.2, 0.25) is 0 Å². The van der Waals surface area contributed by atoms with Crippen LogP contribution in [0.4, 0.5) is 0 Å². The summed E-state index contributed by atoms with van der Waals surface area (Å²) in [7, 11) is -3.07. The van der Waals surface area contributed by atoms with Crippen molar-refractivity contribution in [2.24, 2.45) is 0 Å². The lowest BCUT2D eigenvalue weighted by atomic mass is 10.1. The molecule has 0 spiro atoms. The third-order valence-corrected chi connectivity index (χ3v) is 4.13. The lowest BCUT2D eigenvalue weighted by Gasteiger charge is -2.37. The number of ether oxygens (including phenoxy) is 1. The van der Waals surface area contributed by atoms with Crippen molar-refractivity contribution in [1.82, 2.24) is 4.31 Å². The molecule has 1 atom stereocenters. The molecule has 1 unspecified atom stereocenters. The molecule has 0 aliphatic carbocycles. The Morgan fingerprint density at radius 2 is 2.17 bits per heavy atom. The summed E-state index contributed by atoms with van der Waals surface area (Å²) < 4.78 is 29.5. The number of sulfonamides is 1. The van der Waals surface area contributed by atoms with E-state index in [0.29, 0.717) is 13.2 Å². The molecule has 0 bridgehead atoms. The highest BCUT2D eigenvalue weighted by Crippen LogP contribution is 2.24. The molecule has 4 nitrogen and oxygen atoms in total. The number of hydrogen-bond acceptors (Lipinski definition) is 3. The molecular weight excluding hydrogens is 178 g/mol. The third-order valence-electron chi connectivity index (χ3n) is 2.47. The fourth-order valence-electron chi connectivity index (χ4n) is 1.86. The molecule has 0 N–H and O–H groups in total. The van der Waals surface area contributed by atoms with Crippen molar-refractivity contribution in [3.05, 3.63) is 0 Å². The second-order valence-electron chi connectivity index (χ2n) is 3.36. The van der Waals surface area contributed by atoms with E-state index >= 15 is 0 Å². The van der Waals surface area contributed by atoms with E-state index in [-0.39, 0.29) is 12.0 Å². The SMILES string of the molecule is O=S1(=O)COCC2CCCCN21. The van der Waals surface area contributed by atoms with Gasteiger partial charge >= 0.3 is 0 Å². The monoisotopic (exact) mass is 191 g/mol. The molecule has 0 aromatic carbocycles. The van der Waals surface area contributed by atoms with Gasteiger partial charge in [-0.05, 0) is 12.8 Å². The third kappa shape index (κ3) is 1.36. The average Bonchev–Trinajstić information content (AvgIpc) is 2.04.